The molecule has 0 aromatic carbocycles. The lowest BCUT2D eigenvalue weighted by Crippen LogP contribution is -2.01. The average Bonchev–Trinajstić information content (AvgIpc) is 2.01. The first-order valence-corrected chi connectivity index (χ1v) is 4.00. The lowest BCUT2D eigenvalue weighted by molar-refractivity contribution is -0.0697. The average molecular weight is 193 g/mol. The van der Waals surface area contributed by atoms with Crippen molar-refractivity contribution < 1.29 is 17.9 Å². The number of halogens is 3. The van der Waals surface area contributed by atoms with Gasteiger partial charge in [0.25, 0.3) is 0 Å². The molecule has 13 heavy (non-hydrogen) atoms. The second-order valence-corrected chi connectivity index (χ2v) is 2.52. The summed E-state index contributed by atoms with van der Waals surface area (Å²) in [5, 5.41) is 0. The zero-order valence-electron chi connectivity index (χ0n) is 7.28. The molecule has 0 aromatic heterocycles. The summed E-state index contributed by atoms with van der Waals surface area (Å²) in [6.45, 7) is 0.548. The van der Waals surface area contributed by atoms with E-state index in [1.165, 1.54) is 5.92 Å². The molecule has 0 rings (SSSR count). The molecule has 0 aliphatic rings. The van der Waals surface area contributed by atoms with Gasteiger partial charge >= 0.3 is 6.18 Å². The lowest BCUT2D eigenvalue weighted by Gasteiger charge is -1.96. The van der Waals surface area contributed by atoms with E-state index in [1.807, 2.05) is 0 Å². The topological polar surface area (TPSA) is 9.23 Å². The zero-order valence-corrected chi connectivity index (χ0v) is 7.28. The van der Waals surface area contributed by atoms with Crippen LogP contribution >= 0.6 is 0 Å². The fourth-order valence-corrected chi connectivity index (χ4v) is 0.757. The monoisotopic (exact) mass is 193 g/mol. The van der Waals surface area contributed by atoms with E-state index in [4.69, 9.17) is 0 Å². The summed E-state index contributed by atoms with van der Waals surface area (Å²) in [6.07, 6.45) is -1.75. The summed E-state index contributed by atoms with van der Waals surface area (Å²) in [5.41, 5.74) is 0. The molecule has 0 atom stereocenters. The fourth-order valence-electron chi connectivity index (χ4n) is 0.757. The number of rotatable bonds is 5. The van der Waals surface area contributed by atoms with E-state index in [2.05, 4.69) is 17.8 Å². The van der Waals surface area contributed by atoms with E-state index in [0.29, 0.717) is 13.0 Å². The molecule has 0 heterocycles. The minimum Gasteiger partial charge on any atom is -0.379 e. The van der Waals surface area contributed by atoms with Crippen LogP contribution in [0.25, 0.3) is 0 Å². The number of unbranched alkanes of at least 4 members (excludes halogenated alkanes) is 3. The number of hydrogen-bond donors (Lipinski definition) is 0. The van der Waals surface area contributed by atoms with Crippen LogP contribution in [0.15, 0.2) is 0 Å². The molecule has 0 N–H and O–H groups in total. The predicted octanol–water partition coefficient (Wildman–Crippen LogP) is 2.92. The zero-order chi connectivity index (χ0) is 10.2. The van der Waals surface area contributed by atoms with Gasteiger partial charge in [-0.25, -0.2) is 0 Å². The Hall–Kier alpha value is -0.690. The molecular weight excluding hydrogens is 181 g/mol. The summed E-state index contributed by atoms with van der Waals surface area (Å²) < 4.78 is 39.0. The largest absolute Gasteiger partial charge is 0.457 e. The van der Waals surface area contributed by atoms with E-state index in [-0.39, 0.29) is 6.42 Å². The van der Waals surface area contributed by atoms with Gasteiger partial charge in [-0.1, -0.05) is 12.3 Å². The second-order valence-electron chi connectivity index (χ2n) is 2.52. The minimum absolute atomic E-state index is 0.288. The molecule has 1 nitrogen and oxygen atoms in total. The van der Waals surface area contributed by atoms with Gasteiger partial charge in [0.15, 0.2) is 0 Å². The van der Waals surface area contributed by atoms with Gasteiger partial charge in [0.2, 0.25) is 0 Å². The lowest BCUT2D eigenvalue weighted by atomic mass is 10.2. The highest BCUT2D eigenvalue weighted by Gasteiger charge is 2.22. The molecule has 1 radical (unpaired) electrons. The van der Waals surface area contributed by atoms with Crippen LogP contribution in [0.3, 0.4) is 0 Å². The van der Waals surface area contributed by atoms with Crippen LogP contribution in [0.2, 0.25) is 0 Å². The number of hydrogen-bond acceptors (Lipinski definition) is 1. The van der Waals surface area contributed by atoms with Gasteiger partial charge in [-0.2, -0.15) is 13.2 Å². The Morgan fingerprint density at radius 1 is 1.15 bits per heavy atom. The third-order valence-corrected chi connectivity index (χ3v) is 1.32. The summed E-state index contributed by atoms with van der Waals surface area (Å²) in [5.74, 6) is 3.29. The molecule has 0 amide bonds. The summed E-state index contributed by atoms with van der Waals surface area (Å²) in [7, 11) is 3.18. The molecule has 4 heteroatoms. The summed E-state index contributed by atoms with van der Waals surface area (Å²) in [4.78, 5) is 0. The first-order chi connectivity index (χ1) is 6.06. The van der Waals surface area contributed by atoms with E-state index >= 15 is 0 Å². The summed E-state index contributed by atoms with van der Waals surface area (Å²) in [6, 6.07) is 0. The van der Waals surface area contributed by atoms with E-state index < -0.39 is 6.18 Å². The first-order valence-electron chi connectivity index (χ1n) is 4.00. The van der Waals surface area contributed by atoms with Crippen LogP contribution in [-0.4, -0.2) is 12.8 Å². The number of ether oxygens (including phenoxy) is 1. The van der Waals surface area contributed by atoms with Crippen LogP contribution in [0.1, 0.15) is 25.7 Å². The SMILES string of the molecule is [CH2]OCCCCCC#CC(F)(F)F. The first kappa shape index (κ1) is 12.3. The van der Waals surface area contributed by atoms with Gasteiger partial charge in [-0.05, 0) is 12.8 Å². The maximum Gasteiger partial charge on any atom is 0.457 e. The molecule has 75 valence electrons. The third-order valence-electron chi connectivity index (χ3n) is 1.32. The van der Waals surface area contributed by atoms with Crippen LogP contribution in [0.5, 0.6) is 0 Å². The maximum atomic E-state index is 11.5. The molecular formula is C9H12F3O. The molecule has 0 aromatic rings. The Morgan fingerprint density at radius 3 is 2.38 bits per heavy atom. The van der Waals surface area contributed by atoms with Gasteiger partial charge in [0, 0.05) is 18.9 Å². The Labute approximate surface area is 76.3 Å². The third kappa shape index (κ3) is 11.3. The Kier molecular flexibility index (Phi) is 6.43. The Balaban J connectivity index is 3.28. The molecule has 0 bridgehead atoms. The van der Waals surface area contributed by atoms with Crippen molar-refractivity contribution in [3.8, 4) is 11.8 Å². The van der Waals surface area contributed by atoms with Gasteiger partial charge in [-0.15, -0.1) is 0 Å². The van der Waals surface area contributed by atoms with Crippen LogP contribution in [0.4, 0.5) is 13.2 Å². The van der Waals surface area contributed by atoms with Gasteiger partial charge in [-0.3, -0.25) is 0 Å². The van der Waals surface area contributed by atoms with Crippen molar-refractivity contribution in [2.75, 3.05) is 6.61 Å². The molecule has 0 fully saturated rings. The minimum atomic E-state index is -4.35. The smallest absolute Gasteiger partial charge is 0.379 e. The predicted molar refractivity (Wildman–Crippen MR) is 43.6 cm³/mol. The normalized spacial score (nSPS) is 10.8. The maximum absolute atomic E-state index is 11.5. The van der Waals surface area contributed by atoms with Gasteiger partial charge in [0.1, 0.15) is 0 Å². The molecule has 0 saturated heterocycles. The quantitative estimate of drug-likeness (QED) is 0.482. The van der Waals surface area contributed by atoms with E-state index in [0.717, 1.165) is 12.8 Å². The highest BCUT2D eigenvalue weighted by Crippen LogP contribution is 2.12. The molecule has 0 spiro atoms. The van der Waals surface area contributed by atoms with Gasteiger partial charge < -0.3 is 4.74 Å². The molecule has 0 saturated carbocycles. The van der Waals surface area contributed by atoms with Crippen LogP contribution in [0, 0.1) is 19.0 Å². The molecule has 0 aliphatic heterocycles. The van der Waals surface area contributed by atoms with Crippen molar-refractivity contribution in [1.82, 2.24) is 0 Å². The van der Waals surface area contributed by atoms with Crippen molar-refractivity contribution in [2.24, 2.45) is 0 Å². The van der Waals surface area contributed by atoms with Crippen LogP contribution in [-0.2, 0) is 4.74 Å². The molecule has 0 aliphatic carbocycles. The van der Waals surface area contributed by atoms with Crippen molar-refractivity contribution in [1.29, 1.82) is 0 Å². The van der Waals surface area contributed by atoms with Crippen molar-refractivity contribution >= 4 is 0 Å². The Morgan fingerprint density at radius 2 is 1.85 bits per heavy atom. The highest BCUT2D eigenvalue weighted by molar-refractivity contribution is 5.04. The number of alkyl halides is 3. The van der Waals surface area contributed by atoms with Crippen LogP contribution < -0.4 is 0 Å². The van der Waals surface area contributed by atoms with Crippen molar-refractivity contribution in [3.05, 3.63) is 7.11 Å². The second kappa shape index (κ2) is 6.79. The van der Waals surface area contributed by atoms with Crippen molar-refractivity contribution in [2.45, 2.75) is 31.9 Å². The van der Waals surface area contributed by atoms with Crippen molar-refractivity contribution in [3.63, 3.8) is 0 Å². The standard InChI is InChI=1S/C9H12F3O/c1-13-8-6-4-2-3-5-7-9(10,11)12/h1-4,6,8H2. The van der Waals surface area contributed by atoms with E-state index in [1.54, 1.807) is 0 Å². The summed E-state index contributed by atoms with van der Waals surface area (Å²) >= 11 is 0. The fraction of sp³-hybridized carbons (Fsp3) is 0.667. The van der Waals surface area contributed by atoms with E-state index in [9.17, 15) is 13.2 Å². The Bertz CT molecular complexity index is 176. The highest BCUT2D eigenvalue weighted by atomic mass is 19.4. The van der Waals surface area contributed by atoms with Gasteiger partial charge in [0.05, 0.1) is 7.11 Å². The molecule has 0 unspecified atom stereocenters.